The van der Waals surface area contributed by atoms with Crippen molar-refractivity contribution in [3.8, 4) is 0 Å². The number of rotatable bonds is 4. The first-order chi connectivity index (χ1) is 6.77. The van der Waals surface area contributed by atoms with Crippen LogP contribution in [0, 0.1) is 0 Å². The van der Waals surface area contributed by atoms with E-state index in [0.29, 0.717) is 18.6 Å². The van der Waals surface area contributed by atoms with Gasteiger partial charge in [-0.05, 0) is 24.6 Å². The van der Waals surface area contributed by atoms with Crippen LogP contribution in [-0.2, 0) is 29.7 Å². The third-order valence-corrected chi connectivity index (χ3v) is 1.85. The molecule has 0 amide bonds. The maximum atomic E-state index is 12.0. The second-order valence-electron chi connectivity index (χ2n) is 2.86. The van der Waals surface area contributed by atoms with E-state index in [-0.39, 0.29) is 35.9 Å². The molecular formula is C11H14F2O2V. The summed E-state index contributed by atoms with van der Waals surface area (Å²) in [5, 5.41) is 0. The van der Waals surface area contributed by atoms with E-state index in [1.165, 1.54) is 0 Å². The fraction of sp³-hybridized carbons (Fsp3) is 0.364. The van der Waals surface area contributed by atoms with Gasteiger partial charge in [0, 0.05) is 25.0 Å². The molecule has 0 aromatic heterocycles. The Morgan fingerprint density at radius 2 is 1.88 bits per heavy atom. The van der Waals surface area contributed by atoms with Crippen molar-refractivity contribution in [3.63, 3.8) is 0 Å². The van der Waals surface area contributed by atoms with Gasteiger partial charge in [0.25, 0.3) is 0 Å². The first-order valence-corrected chi connectivity index (χ1v) is 4.60. The predicted molar refractivity (Wildman–Crippen MR) is 54.6 cm³/mol. The van der Waals surface area contributed by atoms with Gasteiger partial charge in [-0.15, -0.1) is 0 Å². The molecule has 0 fully saturated rings. The van der Waals surface area contributed by atoms with E-state index in [0.717, 1.165) is 5.56 Å². The van der Waals surface area contributed by atoms with Gasteiger partial charge in [0.2, 0.25) is 0 Å². The molecule has 0 saturated heterocycles. The second kappa shape index (κ2) is 9.37. The van der Waals surface area contributed by atoms with Crippen LogP contribution < -0.4 is 0 Å². The van der Waals surface area contributed by atoms with E-state index in [2.05, 4.69) is 0 Å². The molecule has 0 aliphatic carbocycles. The molecule has 0 unspecified atom stereocenters. The third-order valence-electron chi connectivity index (χ3n) is 1.85. The van der Waals surface area contributed by atoms with Gasteiger partial charge < -0.3 is 4.74 Å². The average Bonchev–Trinajstić information content (AvgIpc) is 2.20. The van der Waals surface area contributed by atoms with Crippen LogP contribution in [0.1, 0.15) is 22.8 Å². The van der Waals surface area contributed by atoms with E-state index in [1.54, 1.807) is 31.2 Å². The van der Waals surface area contributed by atoms with Crippen molar-refractivity contribution >= 4 is 5.97 Å². The number of alkyl halides is 1. The second-order valence-corrected chi connectivity index (χ2v) is 2.86. The van der Waals surface area contributed by atoms with E-state index in [4.69, 9.17) is 4.74 Å². The van der Waals surface area contributed by atoms with Crippen molar-refractivity contribution in [1.82, 2.24) is 0 Å². The molecule has 1 radical (unpaired) electrons. The molecule has 0 aliphatic rings. The zero-order valence-electron chi connectivity index (χ0n) is 8.98. The van der Waals surface area contributed by atoms with Crippen molar-refractivity contribution in [2.45, 2.75) is 13.3 Å². The Morgan fingerprint density at radius 3 is 2.31 bits per heavy atom. The molecule has 0 bridgehead atoms. The normalized spacial score (nSPS) is 8.62. The molecule has 1 rings (SSSR count). The first-order valence-electron chi connectivity index (χ1n) is 4.60. The number of carbonyl (C=O) groups excluding carboxylic acids is 1. The minimum Gasteiger partial charge on any atom is -0.462 e. The SMILES string of the molecule is CCOC(=O)c1ccc(CCF)cc1.F.[V]. The summed E-state index contributed by atoms with van der Waals surface area (Å²) in [6.07, 6.45) is 0.392. The number of hydrogen-bond acceptors (Lipinski definition) is 2. The first kappa shape index (κ1) is 17.5. The molecule has 2 nitrogen and oxygen atoms in total. The number of ether oxygens (including phenoxy) is 1. The molecule has 5 heteroatoms. The van der Waals surface area contributed by atoms with E-state index in [1.807, 2.05) is 0 Å². The minimum absolute atomic E-state index is 0. The maximum absolute atomic E-state index is 12.0. The summed E-state index contributed by atoms with van der Waals surface area (Å²) in [6.45, 7) is 1.75. The van der Waals surface area contributed by atoms with Crippen LogP contribution in [0.3, 0.4) is 0 Å². The Hall–Kier alpha value is -0.866. The van der Waals surface area contributed by atoms with Crippen molar-refractivity contribution < 1.29 is 37.2 Å². The molecule has 1 aromatic carbocycles. The number of benzene rings is 1. The fourth-order valence-corrected chi connectivity index (χ4v) is 1.13. The van der Waals surface area contributed by atoms with Crippen molar-refractivity contribution in [2.24, 2.45) is 0 Å². The van der Waals surface area contributed by atoms with Gasteiger partial charge in [0.1, 0.15) is 0 Å². The summed E-state index contributed by atoms with van der Waals surface area (Å²) in [5.41, 5.74) is 1.40. The molecular weight excluding hydrogens is 253 g/mol. The van der Waals surface area contributed by atoms with Gasteiger partial charge in [0.15, 0.2) is 0 Å². The molecule has 0 N–H and O–H groups in total. The van der Waals surface area contributed by atoms with E-state index >= 15 is 0 Å². The molecule has 0 spiro atoms. The molecule has 0 saturated carbocycles. The van der Waals surface area contributed by atoms with Gasteiger partial charge >= 0.3 is 5.97 Å². The van der Waals surface area contributed by atoms with Gasteiger partial charge in [-0.2, -0.15) is 0 Å². The Labute approximate surface area is 105 Å². The van der Waals surface area contributed by atoms with E-state index in [9.17, 15) is 9.18 Å². The van der Waals surface area contributed by atoms with Crippen LogP contribution in [0.5, 0.6) is 0 Å². The topological polar surface area (TPSA) is 26.3 Å². The number of aryl methyl sites for hydroxylation is 1. The number of esters is 1. The molecule has 16 heavy (non-hydrogen) atoms. The largest absolute Gasteiger partial charge is 0.462 e. The summed E-state index contributed by atoms with van der Waals surface area (Å²) < 4.78 is 16.8. The predicted octanol–water partition coefficient (Wildman–Crippen LogP) is 2.53. The minimum atomic E-state index is -0.376. The van der Waals surface area contributed by atoms with Gasteiger partial charge in [-0.3, -0.25) is 9.09 Å². The summed E-state index contributed by atoms with van der Waals surface area (Å²) in [4.78, 5) is 11.2. The fourth-order valence-electron chi connectivity index (χ4n) is 1.13. The van der Waals surface area contributed by atoms with E-state index < -0.39 is 0 Å². The van der Waals surface area contributed by atoms with Crippen molar-refractivity contribution in [1.29, 1.82) is 0 Å². The van der Waals surface area contributed by atoms with Gasteiger partial charge in [-0.1, -0.05) is 12.1 Å². The molecule has 89 valence electrons. The van der Waals surface area contributed by atoms with Crippen molar-refractivity contribution in [3.05, 3.63) is 35.4 Å². The van der Waals surface area contributed by atoms with Crippen LogP contribution in [0.25, 0.3) is 0 Å². The number of halogens is 2. The van der Waals surface area contributed by atoms with Crippen LogP contribution >= 0.6 is 0 Å². The smallest absolute Gasteiger partial charge is 0.338 e. The quantitative estimate of drug-likeness (QED) is 0.783. The van der Waals surface area contributed by atoms with Crippen LogP contribution in [0.2, 0.25) is 0 Å². The monoisotopic (exact) mass is 267 g/mol. The van der Waals surface area contributed by atoms with Crippen LogP contribution in [-0.4, -0.2) is 19.3 Å². The zero-order chi connectivity index (χ0) is 10.4. The Bertz CT molecular complexity index is 301. The third kappa shape index (κ3) is 5.28. The average molecular weight is 267 g/mol. The maximum Gasteiger partial charge on any atom is 0.338 e. The molecule has 0 heterocycles. The van der Waals surface area contributed by atoms with Crippen molar-refractivity contribution in [2.75, 3.05) is 13.3 Å². The van der Waals surface area contributed by atoms with Crippen LogP contribution in [0.15, 0.2) is 24.3 Å². The van der Waals surface area contributed by atoms with Gasteiger partial charge in [-0.25, -0.2) is 4.79 Å². The summed E-state index contributed by atoms with van der Waals surface area (Å²) >= 11 is 0. The van der Waals surface area contributed by atoms with Gasteiger partial charge in [0.05, 0.1) is 18.8 Å². The Balaban J connectivity index is 0. The standard InChI is InChI=1S/C11H13FO2.FH.V/c1-2-14-11(13)10-5-3-9(4-6-10)7-8-12;;/h3-6H,2,7-8H2,1H3;1H;. The summed E-state index contributed by atoms with van der Waals surface area (Å²) in [6, 6.07) is 6.80. The summed E-state index contributed by atoms with van der Waals surface area (Å²) in [7, 11) is 0. The molecule has 1 aromatic rings. The number of carbonyl (C=O) groups is 1. The van der Waals surface area contributed by atoms with Crippen LogP contribution in [0.4, 0.5) is 9.09 Å². The molecule has 0 aliphatic heterocycles. The Kier molecular flexibility index (Phi) is 10.3. The zero-order valence-corrected chi connectivity index (χ0v) is 10.4. The molecule has 0 atom stereocenters. The Morgan fingerprint density at radius 1 is 1.31 bits per heavy atom. The number of hydrogen-bond donors (Lipinski definition) is 0. The summed E-state index contributed by atoms with van der Waals surface area (Å²) in [5.74, 6) is -0.334.